The molecule has 0 N–H and O–H groups in total. The molecule has 0 unspecified atom stereocenters. The van der Waals surface area contributed by atoms with E-state index in [9.17, 15) is 0 Å². The number of rotatable bonds is 2. The number of fused-ring (bicyclic) bond motifs is 1. The second kappa shape index (κ2) is 6.25. The number of hydrogen-bond acceptors (Lipinski definition) is 6. The largest absolute Gasteiger partial charge is 0.356 e. The molecule has 0 saturated carbocycles. The van der Waals surface area contributed by atoms with Crippen LogP contribution >= 0.6 is 11.3 Å². The molecule has 5 nitrogen and oxygen atoms in total. The predicted octanol–water partition coefficient (Wildman–Crippen LogP) is 3.07. The maximum absolute atomic E-state index is 9.02. The molecule has 1 aliphatic carbocycles. The van der Waals surface area contributed by atoms with Gasteiger partial charge in [-0.05, 0) is 38.5 Å². The number of piperidine rings is 1. The molecule has 4 rings (SSSR count). The summed E-state index contributed by atoms with van der Waals surface area (Å²) in [6.45, 7) is 1.93. The molecule has 0 spiro atoms. The Kier molecular flexibility index (Phi) is 3.96. The highest BCUT2D eigenvalue weighted by Gasteiger charge is 2.26. The zero-order valence-corrected chi connectivity index (χ0v) is 13.8. The zero-order chi connectivity index (χ0) is 15.6. The maximum atomic E-state index is 9.02. The highest BCUT2D eigenvalue weighted by Crippen LogP contribution is 2.35. The van der Waals surface area contributed by atoms with Crippen molar-refractivity contribution in [2.45, 2.75) is 44.4 Å². The van der Waals surface area contributed by atoms with Crippen LogP contribution in [-0.4, -0.2) is 28.0 Å². The first kappa shape index (κ1) is 14.6. The maximum Gasteiger partial charge on any atom is 0.145 e. The first-order valence-corrected chi connectivity index (χ1v) is 9.10. The van der Waals surface area contributed by atoms with Crippen molar-refractivity contribution < 1.29 is 0 Å². The third-order valence-corrected chi connectivity index (χ3v) is 6.04. The Hall–Kier alpha value is -2.00. The van der Waals surface area contributed by atoms with Gasteiger partial charge in [-0.15, -0.1) is 11.3 Å². The summed E-state index contributed by atoms with van der Waals surface area (Å²) in [6, 6.07) is 3.88. The molecule has 0 radical (unpaired) electrons. The average molecular weight is 325 g/mol. The van der Waals surface area contributed by atoms with Crippen LogP contribution in [0.1, 0.15) is 52.9 Å². The van der Waals surface area contributed by atoms with Crippen molar-refractivity contribution in [1.29, 1.82) is 5.26 Å². The van der Waals surface area contributed by atoms with Crippen molar-refractivity contribution in [3.63, 3.8) is 0 Å². The Bertz CT molecular complexity index is 724. The Morgan fingerprint density at radius 3 is 3.00 bits per heavy atom. The zero-order valence-electron chi connectivity index (χ0n) is 13.0. The molecule has 1 saturated heterocycles. The van der Waals surface area contributed by atoms with E-state index in [1.165, 1.54) is 47.6 Å². The molecule has 6 heteroatoms. The fourth-order valence-corrected chi connectivity index (χ4v) is 4.79. The molecule has 0 amide bonds. The van der Waals surface area contributed by atoms with Crippen LogP contribution in [0.5, 0.6) is 0 Å². The summed E-state index contributed by atoms with van der Waals surface area (Å²) >= 11 is 1.92. The van der Waals surface area contributed by atoms with E-state index in [2.05, 4.69) is 20.9 Å². The van der Waals surface area contributed by atoms with Crippen molar-refractivity contribution >= 4 is 17.2 Å². The monoisotopic (exact) mass is 325 g/mol. The summed E-state index contributed by atoms with van der Waals surface area (Å²) < 4.78 is 0. The lowest BCUT2D eigenvalue weighted by Gasteiger charge is -2.32. The lowest BCUT2D eigenvalue weighted by atomic mass is 9.98. The Morgan fingerprint density at radius 1 is 1.22 bits per heavy atom. The highest BCUT2D eigenvalue weighted by atomic mass is 32.1. The van der Waals surface area contributed by atoms with Gasteiger partial charge in [-0.1, -0.05) is 0 Å². The third-order valence-electron chi connectivity index (χ3n) is 4.72. The number of thiazole rings is 1. The van der Waals surface area contributed by atoms with Gasteiger partial charge in [-0.2, -0.15) is 5.26 Å². The van der Waals surface area contributed by atoms with Crippen LogP contribution in [0.25, 0.3) is 0 Å². The molecule has 0 aromatic carbocycles. The van der Waals surface area contributed by atoms with Crippen LogP contribution in [0.4, 0.5) is 5.82 Å². The molecule has 0 bridgehead atoms. The van der Waals surface area contributed by atoms with E-state index in [1.807, 2.05) is 11.3 Å². The summed E-state index contributed by atoms with van der Waals surface area (Å²) in [5, 5.41) is 10.3. The SMILES string of the molecule is N#Cc1cc(N2CCC[C@@H](c3nc4c(s3)CCCC4)C2)ncn1. The fraction of sp³-hybridized carbons (Fsp3) is 0.529. The summed E-state index contributed by atoms with van der Waals surface area (Å²) in [5.41, 5.74) is 1.78. The number of hydrogen-bond donors (Lipinski definition) is 0. The van der Waals surface area contributed by atoms with Crippen LogP contribution in [-0.2, 0) is 12.8 Å². The molecule has 1 aliphatic heterocycles. The third kappa shape index (κ3) is 2.93. The van der Waals surface area contributed by atoms with Crippen molar-refractivity contribution in [2.24, 2.45) is 0 Å². The molecule has 2 aromatic rings. The summed E-state index contributed by atoms with van der Waals surface area (Å²) in [7, 11) is 0. The van der Waals surface area contributed by atoms with Crippen molar-refractivity contribution in [3.8, 4) is 6.07 Å². The van der Waals surface area contributed by atoms with Crippen molar-refractivity contribution in [1.82, 2.24) is 15.0 Å². The van der Waals surface area contributed by atoms with E-state index in [-0.39, 0.29) is 0 Å². The van der Waals surface area contributed by atoms with Crippen LogP contribution in [0.3, 0.4) is 0 Å². The number of nitriles is 1. The average Bonchev–Trinajstić information content (AvgIpc) is 3.06. The number of nitrogens with zero attached hydrogens (tertiary/aromatic N) is 5. The van der Waals surface area contributed by atoms with Gasteiger partial charge in [0.1, 0.15) is 23.9 Å². The van der Waals surface area contributed by atoms with Crippen molar-refractivity contribution in [2.75, 3.05) is 18.0 Å². The highest BCUT2D eigenvalue weighted by molar-refractivity contribution is 7.11. The van der Waals surface area contributed by atoms with Crippen molar-refractivity contribution in [3.05, 3.63) is 33.7 Å². The second-order valence-electron chi connectivity index (χ2n) is 6.29. The second-order valence-corrected chi connectivity index (χ2v) is 7.40. The number of aryl methyl sites for hydroxylation is 2. The lowest BCUT2D eigenvalue weighted by Crippen LogP contribution is -2.35. The minimum atomic E-state index is 0.432. The van der Waals surface area contributed by atoms with Crippen LogP contribution < -0.4 is 4.90 Å². The first-order valence-electron chi connectivity index (χ1n) is 8.29. The van der Waals surface area contributed by atoms with Gasteiger partial charge >= 0.3 is 0 Å². The van der Waals surface area contributed by atoms with Gasteiger partial charge in [0, 0.05) is 30.0 Å². The Labute approximate surface area is 140 Å². The van der Waals surface area contributed by atoms with Gasteiger partial charge in [0.15, 0.2) is 0 Å². The van der Waals surface area contributed by atoms with E-state index >= 15 is 0 Å². The van der Waals surface area contributed by atoms with E-state index in [0.29, 0.717) is 11.6 Å². The van der Waals surface area contributed by atoms with Crippen LogP contribution in [0, 0.1) is 11.3 Å². The quantitative estimate of drug-likeness (QED) is 0.849. The molecule has 2 aliphatic rings. The molecule has 2 aromatic heterocycles. The first-order chi connectivity index (χ1) is 11.3. The van der Waals surface area contributed by atoms with Gasteiger partial charge in [0.25, 0.3) is 0 Å². The van der Waals surface area contributed by atoms with E-state index in [1.54, 1.807) is 6.07 Å². The molecular formula is C17H19N5S. The molecule has 118 valence electrons. The normalized spacial score (nSPS) is 20.8. The van der Waals surface area contributed by atoms with Crippen LogP contribution in [0.2, 0.25) is 0 Å². The van der Waals surface area contributed by atoms with Gasteiger partial charge in [0.2, 0.25) is 0 Å². The van der Waals surface area contributed by atoms with E-state index < -0.39 is 0 Å². The van der Waals surface area contributed by atoms with Gasteiger partial charge in [-0.3, -0.25) is 0 Å². The summed E-state index contributed by atoms with van der Waals surface area (Å²) in [5.74, 6) is 1.35. The fourth-order valence-electron chi connectivity index (χ4n) is 3.51. The topological polar surface area (TPSA) is 65.7 Å². The predicted molar refractivity (Wildman–Crippen MR) is 89.7 cm³/mol. The molecule has 1 fully saturated rings. The number of aromatic nitrogens is 3. The molecular weight excluding hydrogens is 306 g/mol. The van der Waals surface area contributed by atoms with E-state index in [4.69, 9.17) is 10.2 Å². The molecule has 3 heterocycles. The Balaban J connectivity index is 1.55. The van der Waals surface area contributed by atoms with Gasteiger partial charge in [-0.25, -0.2) is 15.0 Å². The smallest absolute Gasteiger partial charge is 0.145 e. The molecule has 1 atom stereocenters. The number of anilines is 1. The minimum absolute atomic E-state index is 0.432. The van der Waals surface area contributed by atoms with Gasteiger partial charge < -0.3 is 4.90 Å². The molecule has 23 heavy (non-hydrogen) atoms. The van der Waals surface area contributed by atoms with E-state index in [0.717, 1.165) is 31.7 Å². The summed E-state index contributed by atoms with van der Waals surface area (Å²) in [6.07, 6.45) is 8.77. The van der Waals surface area contributed by atoms with Crippen LogP contribution in [0.15, 0.2) is 12.4 Å². The summed E-state index contributed by atoms with van der Waals surface area (Å²) in [4.78, 5) is 17.0. The lowest BCUT2D eigenvalue weighted by molar-refractivity contribution is 0.504. The minimum Gasteiger partial charge on any atom is -0.356 e. The Morgan fingerprint density at radius 2 is 2.13 bits per heavy atom. The standard InChI is InChI=1S/C17H19N5S/c18-9-13-8-16(20-11-19-13)22-7-3-4-12(10-22)17-21-14-5-1-2-6-15(14)23-17/h8,11-12H,1-7,10H2/t12-/m1/s1. The van der Waals surface area contributed by atoms with Gasteiger partial charge in [0.05, 0.1) is 10.7 Å².